The molecule has 2 heteroatoms. The maximum absolute atomic E-state index is 13.5. The second-order valence-corrected chi connectivity index (χ2v) is 4.41. The van der Waals surface area contributed by atoms with Gasteiger partial charge < -0.3 is 0 Å². The second-order valence-electron chi connectivity index (χ2n) is 4.41. The summed E-state index contributed by atoms with van der Waals surface area (Å²) in [6.45, 7) is 1.82. The van der Waals surface area contributed by atoms with Crippen LogP contribution in [0, 0.1) is 18.7 Å². The van der Waals surface area contributed by atoms with Gasteiger partial charge in [0, 0.05) is 6.42 Å². The summed E-state index contributed by atoms with van der Waals surface area (Å²) >= 11 is 0. The molecule has 0 aliphatic heterocycles. The highest BCUT2D eigenvalue weighted by Gasteiger charge is 2.22. The molecule has 0 heterocycles. The fraction of sp³-hybridized carbons (Fsp3) is 0.462. The number of ketones is 1. The molecule has 1 aromatic rings. The third-order valence-electron chi connectivity index (χ3n) is 3.12. The summed E-state index contributed by atoms with van der Waals surface area (Å²) in [5.41, 5.74) is 1.11. The first-order chi connectivity index (χ1) is 7.16. The number of hydrogen-bond donors (Lipinski definition) is 0. The molecular weight excluding hydrogens is 191 g/mol. The number of rotatable bonds is 3. The van der Waals surface area contributed by atoms with Gasteiger partial charge in [-0.1, -0.05) is 25.3 Å². The lowest BCUT2D eigenvalue weighted by Gasteiger charge is -2.24. The van der Waals surface area contributed by atoms with Gasteiger partial charge in [-0.25, -0.2) is 4.39 Å². The molecule has 1 aliphatic carbocycles. The Bertz CT molecular complexity index is 380. The molecule has 80 valence electrons. The van der Waals surface area contributed by atoms with E-state index in [0.717, 1.165) is 18.4 Å². The Morgan fingerprint density at radius 3 is 2.73 bits per heavy atom. The molecule has 0 bridgehead atoms. The molecule has 15 heavy (non-hydrogen) atoms. The minimum absolute atomic E-state index is 0.0443. The van der Waals surface area contributed by atoms with Crippen LogP contribution in [-0.4, -0.2) is 5.78 Å². The van der Waals surface area contributed by atoms with Crippen molar-refractivity contribution >= 4 is 5.78 Å². The molecule has 0 atom stereocenters. The Balaban J connectivity index is 2.10. The van der Waals surface area contributed by atoms with E-state index in [1.54, 1.807) is 12.1 Å². The second kappa shape index (κ2) is 4.13. The monoisotopic (exact) mass is 206 g/mol. The molecule has 0 aromatic heterocycles. The quantitative estimate of drug-likeness (QED) is 0.692. The molecule has 1 saturated carbocycles. The van der Waals surface area contributed by atoms with Crippen molar-refractivity contribution in [1.29, 1.82) is 0 Å². The molecule has 1 fully saturated rings. The van der Waals surface area contributed by atoms with Crippen molar-refractivity contribution in [2.75, 3.05) is 0 Å². The standard InChI is InChI=1S/C13H15FO/c1-9-5-6-11(12(14)7-9)13(15)8-10-3-2-4-10/h5-7,10H,2-4,8H2,1H3. The Labute approximate surface area is 89.3 Å². The minimum Gasteiger partial charge on any atom is -0.294 e. The zero-order valence-electron chi connectivity index (χ0n) is 8.92. The third kappa shape index (κ3) is 2.25. The van der Waals surface area contributed by atoms with E-state index in [9.17, 15) is 9.18 Å². The molecule has 0 radical (unpaired) electrons. The fourth-order valence-electron chi connectivity index (χ4n) is 1.92. The summed E-state index contributed by atoms with van der Waals surface area (Å²) in [5, 5.41) is 0. The number of aryl methyl sites for hydroxylation is 1. The number of Topliss-reactive ketones (excluding diaryl/α,β-unsaturated/α-hetero) is 1. The predicted molar refractivity (Wildman–Crippen MR) is 57.4 cm³/mol. The van der Waals surface area contributed by atoms with Crippen molar-refractivity contribution in [3.63, 3.8) is 0 Å². The zero-order valence-corrected chi connectivity index (χ0v) is 8.92. The molecule has 0 N–H and O–H groups in total. The summed E-state index contributed by atoms with van der Waals surface area (Å²) in [6.07, 6.45) is 3.98. The first-order valence-electron chi connectivity index (χ1n) is 5.46. The maximum Gasteiger partial charge on any atom is 0.166 e. The van der Waals surface area contributed by atoms with E-state index in [2.05, 4.69) is 0 Å². The van der Waals surface area contributed by atoms with Crippen LogP contribution in [-0.2, 0) is 0 Å². The van der Waals surface area contributed by atoms with Crippen molar-refractivity contribution < 1.29 is 9.18 Å². The molecule has 1 aliphatic rings. The number of halogens is 1. The summed E-state index contributed by atoms with van der Waals surface area (Å²) < 4.78 is 13.5. The first kappa shape index (κ1) is 10.3. The van der Waals surface area contributed by atoms with E-state index in [4.69, 9.17) is 0 Å². The minimum atomic E-state index is -0.376. The van der Waals surface area contributed by atoms with E-state index in [0.29, 0.717) is 12.3 Å². The summed E-state index contributed by atoms with van der Waals surface area (Å²) in [6, 6.07) is 4.82. The third-order valence-corrected chi connectivity index (χ3v) is 3.12. The van der Waals surface area contributed by atoms with E-state index >= 15 is 0 Å². The van der Waals surface area contributed by atoms with E-state index < -0.39 is 0 Å². The largest absolute Gasteiger partial charge is 0.294 e. The van der Waals surface area contributed by atoms with E-state index in [-0.39, 0.29) is 17.2 Å². The topological polar surface area (TPSA) is 17.1 Å². The first-order valence-corrected chi connectivity index (χ1v) is 5.46. The Kier molecular flexibility index (Phi) is 2.85. The molecule has 1 aromatic carbocycles. The van der Waals surface area contributed by atoms with Gasteiger partial charge in [-0.15, -0.1) is 0 Å². The van der Waals surface area contributed by atoms with Crippen LogP contribution >= 0.6 is 0 Å². The number of benzene rings is 1. The van der Waals surface area contributed by atoms with Crippen LogP contribution in [0.1, 0.15) is 41.6 Å². The lowest BCUT2D eigenvalue weighted by Crippen LogP contribution is -2.16. The highest BCUT2D eigenvalue weighted by Crippen LogP contribution is 2.30. The van der Waals surface area contributed by atoms with Gasteiger partial charge in [0.1, 0.15) is 5.82 Å². The van der Waals surface area contributed by atoms with Crippen molar-refractivity contribution in [3.05, 3.63) is 35.1 Å². The van der Waals surface area contributed by atoms with Crippen LogP contribution in [0.2, 0.25) is 0 Å². The predicted octanol–water partition coefficient (Wildman–Crippen LogP) is 3.51. The average Bonchev–Trinajstić information content (AvgIpc) is 2.11. The molecule has 1 nitrogen and oxygen atoms in total. The van der Waals surface area contributed by atoms with Gasteiger partial charge in [-0.2, -0.15) is 0 Å². The van der Waals surface area contributed by atoms with Crippen LogP contribution in [0.3, 0.4) is 0 Å². The Morgan fingerprint density at radius 2 is 2.20 bits per heavy atom. The van der Waals surface area contributed by atoms with Gasteiger partial charge in [-0.3, -0.25) is 4.79 Å². The normalized spacial score (nSPS) is 16.1. The molecule has 2 rings (SSSR count). The van der Waals surface area contributed by atoms with E-state index in [1.807, 2.05) is 6.92 Å². The summed E-state index contributed by atoms with van der Waals surface area (Å²) in [7, 11) is 0. The van der Waals surface area contributed by atoms with Crippen molar-refractivity contribution in [2.45, 2.75) is 32.6 Å². The lowest BCUT2D eigenvalue weighted by atomic mass is 9.81. The Hall–Kier alpha value is -1.18. The summed E-state index contributed by atoms with van der Waals surface area (Å²) in [4.78, 5) is 11.7. The van der Waals surface area contributed by atoms with Gasteiger partial charge >= 0.3 is 0 Å². The van der Waals surface area contributed by atoms with Crippen molar-refractivity contribution in [3.8, 4) is 0 Å². The van der Waals surface area contributed by atoms with Crippen LogP contribution in [0.4, 0.5) is 4.39 Å². The van der Waals surface area contributed by atoms with E-state index in [1.165, 1.54) is 12.5 Å². The van der Waals surface area contributed by atoms with Crippen molar-refractivity contribution in [2.24, 2.45) is 5.92 Å². The molecule has 0 unspecified atom stereocenters. The number of carbonyl (C=O) groups excluding carboxylic acids is 1. The summed E-state index contributed by atoms with van der Waals surface area (Å²) in [5.74, 6) is 0.0785. The van der Waals surface area contributed by atoms with Crippen molar-refractivity contribution in [1.82, 2.24) is 0 Å². The highest BCUT2D eigenvalue weighted by atomic mass is 19.1. The van der Waals surface area contributed by atoms with Gasteiger partial charge in [-0.05, 0) is 30.5 Å². The lowest BCUT2D eigenvalue weighted by molar-refractivity contribution is 0.0932. The van der Waals surface area contributed by atoms with Gasteiger partial charge in [0.25, 0.3) is 0 Å². The zero-order chi connectivity index (χ0) is 10.8. The van der Waals surface area contributed by atoms with Gasteiger partial charge in [0.2, 0.25) is 0 Å². The number of carbonyl (C=O) groups is 1. The molecule has 0 saturated heterocycles. The van der Waals surface area contributed by atoms with Crippen LogP contribution in [0.5, 0.6) is 0 Å². The number of hydrogen-bond acceptors (Lipinski definition) is 1. The Morgan fingerprint density at radius 1 is 1.47 bits per heavy atom. The van der Waals surface area contributed by atoms with Crippen LogP contribution in [0.25, 0.3) is 0 Å². The smallest absolute Gasteiger partial charge is 0.166 e. The van der Waals surface area contributed by atoms with Gasteiger partial charge in [0.15, 0.2) is 5.78 Å². The molecule has 0 spiro atoms. The van der Waals surface area contributed by atoms with Crippen LogP contribution in [0.15, 0.2) is 18.2 Å². The molecular formula is C13H15FO. The SMILES string of the molecule is Cc1ccc(C(=O)CC2CCC2)c(F)c1. The molecule has 0 amide bonds. The van der Waals surface area contributed by atoms with Gasteiger partial charge in [0.05, 0.1) is 5.56 Å². The van der Waals surface area contributed by atoms with Crippen LogP contribution < -0.4 is 0 Å². The fourth-order valence-corrected chi connectivity index (χ4v) is 1.92. The maximum atomic E-state index is 13.5. The highest BCUT2D eigenvalue weighted by molar-refractivity contribution is 5.96. The average molecular weight is 206 g/mol.